The van der Waals surface area contributed by atoms with Crippen molar-refractivity contribution in [3.63, 3.8) is 0 Å². The summed E-state index contributed by atoms with van der Waals surface area (Å²) in [6, 6.07) is 18.3. The molecule has 1 heterocycles. The molecule has 4 nitrogen and oxygen atoms in total. The molecular weight excluding hydrogens is 374 g/mol. The number of carbonyl (C=O) groups is 2. The van der Waals surface area contributed by atoms with E-state index in [0.717, 1.165) is 34.5 Å². The summed E-state index contributed by atoms with van der Waals surface area (Å²) in [6.07, 6.45) is 1.25. The molecular formula is C26H27NO3. The first-order valence-corrected chi connectivity index (χ1v) is 10.3. The van der Waals surface area contributed by atoms with Gasteiger partial charge in [-0.1, -0.05) is 68.4 Å². The Bertz CT molecular complexity index is 1060. The zero-order valence-corrected chi connectivity index (χ0v) is 17.9. The van der Waals surface area contributed by atoms with Gasteiger partial charge in [-0.25, -0.2) is 4.79 Å². The molecule has 2 aromatic rings. The molecule has 0 saturated heterocycles. The van der Waals surface area contributed by atoms with Crippen LogP contribution in [0, 0.1) is 5.41 Å². The maximum Gasteiger partial charge on any atom is 0.336 e. The first-order valence-electron chi connectivity index (χ1n) is 10.3. The second-order valence-corrected chi connectivity index (χ2v) is 8.91. The molecule has 0 aromatic heterocycles. The highest BCUT2D eigenvalue weighted by Gasteiger charge is 2.42. The molecule has 1 aliphatic carbocycles. The molecule has 1 aliphatic heterocycles. The third-order valence-corrected chi connectivity index (χ3v) is 6.00. The number of allylic oxidation sites excluding steroid dienone is 3. The Morgan fingerprint density at radius 2 is 1.63 bits per heavy atom. The zero-order valence-electron chi connectivity index (χ0n) is 17.9. The molecule has 2 aliphatic rings. The van der Waals surface area contributed by atoms with Crippen LogP contribution >= 0.6 is 0 Å². The normalized spacial score (nSPS) is 20.5. The number of Topliss-reactive ketones (excluding diaryl/α,β-unsaturated/α-hetero) is 1. The minimum absolute atomic E-state index is 0.0970. The summed E-state index contributed by atoms with van der Waals surface area (Å²) in [5.41, 5.74) is 5.94. The van der Waals surface area contributed by atoms with Crippen molar-refractivity contribution in [1.29, 1.82) is 0 Å². The van der Waals surface area contributed by atoms with Crippen molar-refractivity contribution in [1.82, 2.24) is 5.32 Å². The topological polar surface area (TPSA) is 55.4 Å². The smallest absolute Gasteiger partial charge is 0.336 e. The van der Waals surface area contributed by atoms with Crippen molar-refractivity contribution in [2.24, 2.45) is 5.41 Å². The van der Waals surface area contributed by atoms with Gasteiger partial charge in [-0.15, -0.1) is 0 Å². The molecule has 2 aromatic carbocycles. The van der Waals surface area contributed by atoms with E-state index in [1.165, 1.54) is 7.11 Å². The number of ether oxygens (including phenoxy) is 1. The van der Waals surface area contributed by atoms with Gasteiger partial charge in [0.25, 0.3) is 0 Å². The quantitative estimate of drug-likeness (QED) is 0.725. The predicted molar refractivity (Wildman–Crippen MR) is 118 cm³/mol. The van der Waals surface area contributed by atoms with Crippen molar-refractivity contribution < 1.29 is 14.3 Å². The maximum absolute atomic E-state index is 13.2. The van der Waals surface area contributed by atoms with Gasteiger partial charge in [-0.2, -0.15) is 0 Å². The van der Waals surface area contributed by atoms with Crippen LogP contribution in [-0.2, 0) is 14.3 Å². The Hall–Kier alpha value is -3.14. The van der Waals surface area contributed by atoms with Gasteiger partial charge < -0.3 is 10.1 Å². The average molecular weight is 402 g/mol. The van der Waals surface area contributed by atoms with Gasteiger partial charge in [0, 0.05) is 29.3 Å². The monoisotopic (exact) mass is 401 g/mol. The van der Waals surface area contributed by atoms with Gasteiger partial charge >= 0.3 is 5.97 Å². The Labute approximate surface area is 177 Å². The van der Waals surface area contributed by atoms with Gasteiger partial charge in [0.1, 0.15) is 0 Å². The number of benzene rings is 2. The molecule has 1 N–H and O–H groups in total. The average Bonchev–Trinajstić information content (AvgIpc) is 2.72. The van der Waals surface area contributed by atoms with Gasteiger partial charge in [-0.05, 0) is 35.4 Å². The zero-order chi connectivity index (χ0) is 21.5. The predicted octanol–water partition coefficient (Wildman–Crippen LogP) is 5.13. The highest BCUT2D eigenvalue weighted by Crippen LogP contribution is 2.46. The number of methoxy groups -OCH3 is 1. The van der Waals surface area contributed by atoms with Crippen molar-refractivity contribution in [2.75, 3.05) is 7.11 Å². The largest absolute Gasteiger partial charge is 0.466 e. The Morgan fingerprint density at radius 3 is 2.27 bits per heavy atom. The van der Waals surface area contributed by atoms with Crippen LogP contribution in [0.2, 0.25) is 0 Å². The summed E-state index contributed by atoms with van der Waals surface area (Å²) in [6.45, 7) is 6.09. The highest BCUT2D eigenvalue weighted by atomic mass is 16.5. The lowest BCUT2D eigenvalue weighted by Crippen LogP contribution is -2.38. The summed E-state index contributed by atoms with van der Waals surface area (Å²) in [5, 5.41) is 3.34. The van der Waals surface area contributed by atoms with E-state index < -0.39 is 11.9 Å². The maximum atomic E-state index is 13.2. The molecule has 1 atom stereocenters. The standard InChI is InChI=1S/C26H27NO3/c1-16-22(25(29)30-4)23(24-20(27-16)14-26(2,3)15-21(24)28)19-12-10-18(11-13-19)17-8-6-5-7-9-17/h5-13,23,27H,14-15H2,1-4H3/t23-/m0/s1. The van der Waals surface area contributed by atoms with Crippen LogP contribution in [0.3, 0.4) is 0 Å². The van der Waals surface area contributed by atoms with Crippen LogP contribution in [0.1, 0.15) is 45.1 Å². The summed E-state index contributed by atoms with van der Waals surface area (Å²) in [4.78, 5) is 25.9. The molecule has 30 heavy (non-hydrogen) atoms. The van der Waals surface area contributed by atoms with E-state index in [2.05, 4.69) is 43.4 Å². The number of carbonyl (C=O) groups excluding carboxylic acids is 2. The van der Waals surface area contributed by atoms with Gasteiger partial charge in [0.05, 0.1) is 12.7 Å². The summed E-state index contributed by atoms with van der Waals surface area (Å²) < 4.78 is 5.09. The Kier molecular flexibility index (Phi) is 5.10. The molecule has 0 unspecified atom stereocenters. The third-order valence-electron chi connectivity index (χ3n) is 6.00. The highest BCUT2D eigenvalue weighted by molar-refractivity contribution is 6.04. The number of ketones is 1. The minimum Gasteiger partial charge on any atom is -0.466 e. The van der Waals surface area contributed by atoms with Crippen LogP contribution in [0.15, 0.2) is 77.1 Å². The summed E-state index contributed by atoms with van der Waals surface area (Å²) in [7, 11) is 1.38. The van der Waals surface area contributed by atoms with Crippen molar-refractivity contribution >= 4 is 11.8 Å². The first-order chi connectivity index (χ1) is 14.3. The lowest BCUT2D eigenvalue weighted by atomic mass is 9.68. The summed E-state index contributed by atoms with van der Waals surface area (Å²) >= 11 is 0. The van der Waals surface area contributed by atoms with Crippen LogP contribution in [0.5, 0.6) is 0 Å². The van der Waals surface area contributed by atoms with E-state index >= 15 is 0 Å². The molecule has 0 radical (unpaired) electrons. The fourth-order valence-electron chi connectivity index (χ4n) is 4.65. The second kappa shape index (κ2) is 7.60. The fraction of sp³-hybridized carbons (Fsp3) is 0.308. The molecule has 0 fully saturated rings. The van der Waals surface area contributed by atoms with Crippen LogP contribution in [0.4, 0.5) is 0 Å². The third kappa shape index (κ3) is 3.58. The lowest BCUT2D eigenvalue weighted by Gasteiger charge is -2.39. The van der Waals surface area contributed by atoms with E-state index in [-0.39, 0.29) is 11.2 Å². The van der Waals surface area contributed by atoms with E-state index in [4.69, 9.17) is 4.74 Å². The van der Waals surface area contributed by atoms with Crippen LogP contribution in [0.25, 0.3) is 11.1 Å². The van der Waals surface area contributed by atoms with Gasteiger partial charge in [0.15, 0.2) is 5.78 Å². The molecule has 0 amide bonds. The van der Waals surface area contributed by atoms with E-state index in [9.17, 15) is 9.59 Å². The number of hydrogen-bond acceptors (Lipinski definition) is 4. The number of rotatable bonds is 3. The molecule has 4 heteroatoms. The van der Waals surface area contributed by atoms with Gasteiger partial charge in [0.2, 0.25) is 0 Å². The number of nitrogens with one attached hydrogen (secondary N) is 1. The van der Waals surface area contributed by atoms with Crippen molar-refractivity contribution in [3.8, 4) is 11.1 Å². The SMILES string of the molecule is COC(=O)C1=C(C)NC2=C(C(=O)CC(C)(C)C2)[C@H]1c1ccc(-c2ccccc2)cc1. The number of hydrogen-bond donors (Lipinski definition) is 1. The molecule has 0 spiro atoms. The van der Waals surface area contributed by atoms with Crippen LogP contribution in [-0.4, -0.2) is 18.9 Å². The minimum atomic E-state index is -0.415. The fourth-order valence-corrected chi connectivity index (χ4v) is 4.65. The van der Waals surface area contributed by atoms with E-state index in [1.807, 2.05) is 37.3 Å². The Morgan fingerprint density at radius 1 is 1.00 bits per heavy atom. The van der Waals surface area contributed by atoms with Crippen molar-refractivity contribution in [2.45, 2.75) is 39.5 Å². The van der Waals surface area contributed by atoms with Crippen LogP contribution < -0.4 is 5.32 Å². The summed E-state index contributed by atoms with van der Waals surface area (Å²) in [5.74, 6) is -0.719. The van der Waals surface area contributed by atoms with Crippen molar-refractivity contribution in [3.05, 3.63) is 82.7 Å². The lowest BCUT2D eigenvalue weighted by molar-refractivity contribution is -0.136. The van der Waals surface area contributed by atoms with Gasteiger partial charge in [-0.3, -0.25) is 4.79 Å². The molecule has 4 rings (SSSR count). The molecule has 0 bridgehead atoms. The number of dihydropyridines is 1. The number of esters is 1. The molecule has 0 saturated carbocycles. The van der Waals surface area contributed by atoms with E-state index in [0.29, 0.717) is 17.6 Å². The Balaban J connectivity index is 1.82. The van der Waals surface area contributed by atoms with E-state index in [1.54, 1.807) is 0 Å². The second-order valence-electron chi connectivity index (χ2n) is 8.91. The first kappa shape index (κ1) is 20.1. The molecule has 154 valence electrons.